The summed E-state index contributed by atoms with van der Waals surface area (Å²) < 4.78 is 26.2. The molecule has 0 aromatic rings. The average molecular weight is 707 g/mol. The van der Waals surface area contributed by atoms with Crippen molar-refractivity contribution in [2.75, 3.05) is 13.2 Å². The van der Waals surface area contributed by atoms with Crippen molar-refractivity contribution >= 4 is 19.8 Å². The molecular formula is C40H67O8P. The maximum Gasteiger partial charge on any atom is 0.469 e. The number of allylic oxidation sites excluding steroid dienone is 12. The summed E-state index contributed by atoms with van der Waals surface area (Å²) in [6.45, 7) is 3.53. The number of phosphoric ester groups is 1. The molecule has 0 radical (unpaired) electrons. The first-order chi connectivity index (χ1) is 23.8. The van der Waals surface area contributed by atoms with E-state index in [0.717, 1.165) is 64.2 Å². The second kappa shape index (κ2) is 35.3. The molecule has 0 aromatic carbocycles. The van der Waals surface area contributed by atoms with E-state index in [1.165, 1.54) is 38.5 Å². The molecule has 0 amide bonds. The van der Waals surface area contributed by atoms with E-state index in [1.807, 2.05) is 12.2 Å². The topological polar surface area (TPSA) is 119 Å². The number of carbonyl (C=O) groups is 2. The minimum atomic E-state index is -4.77. The van der Waals surface area contributed by atoms with Gasteiger partial charge in [0.2, 0.25) is 0 Å². The van der Waals surface area contributed by atoms with Crippen LogP contribution in [0, 0.1) is 0 Å². The summed E-state index contributed by atoms with van der Waals surface area (Å²) >= 11 is 0. The zero-order chi connectivity index (χ0) is 36.1. The zero-order valence-electron chi connectivity index (χ0n) is 30.6. The highest BCUT2D eigenvalue weighted by atomic mass is 31.2. The number of hydrogen-bond acceptors (Lipinski definition) is 6. The number of esters is 2. The Labute approximate surface area is 298 Å². The molecule has 49 heavy (non-hydrogen) atoms. The summed E-state index contributed by atoms with van der Waals surface area (Å²) in [5.74, 6) is -0.975. The number of carbonyl (C=O) groups excluding carboxylic acids is 2. The molecule has 0 saturated heterocycles. The molecule has 0 spiro atoms. The predicted octanol–water partition coefficient (Wildman–Crippen LogP) is 11.1. The Morgan fingerprint density at radius 1 is 0.531 bits per heavy atom. The fraction of sp³-hybridized carbons (Fsp3) is 0.650. The van der Waals surface area contributed by atoms with Crippen LogP contribution in [-0.2, 0) is 28.2 Å². The SMILES string of the molecule is CCCC/C=C\C/C=C\CCCCCCCC(=O)OC[C@H](COP(=O)(O)O)OC(=O)CCC/C=C\C/C=C\C/C=C\C/C=C\CCCCC. The maximum absolute atomic E-state index is 12.3. The molecule has 0 bridgehead atoms. The number of ether oxygens (including phenoxy) is 2. The second-order valence-electron chi connectivity index (χ2n) is 12.2. The van der Waals surface area contributed by atoms with E-state index < -0.39 is 32.5 Å². The van der Waals surface area contributed by atoms with Gasteiger partial charge >= 0.3 is 19.8 Å². The molecule has 0 aliphatic carbocycles. The Hall–Kier alpha value is -2.51. The molecule has 0 aromatic heterocycles. The molecule has 1 atom stereocenters. The summed E-state index contributed by atoms with van der Waals surface area (Å²) in [5.41, 5.74) is 0. The molecule has 8 nitrogen and oxygen atoms in total. The summed E-state index contributed by atoms with van der Waals surface area (Å²) in [5, 5.41) is 0. The lowest BCUT2D eigenvalue weighted by Gasteiger charge is -2.18. The largest absolute Gasteiger partial charge is 0.469 e. The van der Waals surface area contributed by atoms with E-state index >= 15 is 0 Å². The van der Waals surface area contributed by atoms with Gasteiger partial charge in [-0.2, -0.15) is 0 Å². The minimum Gasteiger partial charge on any atom is -0.462 e. The van der Waals surface area contributed by atoms with Gasteiger partial charge in [-0.3, -0.25) is 14.1 Å². The molecule has 2 N–H and O–H groups in total. The van der Waals surface area contributed by atoms with E-state index in [9.17, 15) is 14.2 Å². The smallest absolute Gasteiger partial charge is 0.462 e. The molecule has 280 valence electrons. The first-order valence-corrected chi connectivity index (χ1v) is 20.3. The summed E-state index contributed by atoms with van der Waals surface area (Å²) in [6.07, 6.45) is 44.8. The second-order valence-corrected chi connectivity index (χ2v) is 13.4. The number of unbranched alkanes of at least 4 members (excludes halogenated alkanes) is 11. The van der Waals surface area contributed by atoms with Crippen molar-refractivity contribution in [2.24, 2.45) is 0 Å². The normalized spacial score (nSPS) is 13.3. The Bertz CT molecular complexity index is 1020. The molecule has 9 heteroatoms. The number of rotatable bonds is 33. The molecule has 0 fully saturated rings. The highest BCUT2D eigenvalue weighted by Crippen LogP contribution is 2.35. The monoisotopic (exact) mass is 706 g/mol. The van der Waals surface area contributed by atoms with E-state index in [1.54, 1.807) is 0 Å². The lowest BCUT2D eigenvalue weighted by atomic mass is 10.1. The summed E-state index contributed by atoms with van der Waals surface area (Å²) in [4.78, 5) is 42.7. The van der Waals surface area contributed by atoms with Crippen LogP contribution >= 0.6 is 7.82 Å². The fourth-order valence-electron chi connectivity index (χ4n) is 4.62. The van der Waals surface area contributed by atoms with Gasteiger partial charge in [0.25, 0.3) is 0 Å². The van der Waals surface area contributed by atoms with Crippen molar-refractivity contribution in [3.8, 4) is 0 Å². The van der Waals surface area contributed by atoms with E-state index in [-0.39, 0.29) is 19.4 Å². The predicted molar refractivity (Wildman–Crippen MR) is 202 cm³/mol. The van der Waals surface area contributed by atoms with Crippen LogP contribution in [0.4, 0.5) is 0 Å². The zero-order valence-corrected chi connectivity index (χ0v) is 31.5. The van der Waals surface area contributed by atoms with Crippen molar-refractivity contribution in [2.45, 2.75) is 155 Å². The van der Waals surface area contributed by atoms with Crippen LogP contribution < -0.4 is 0 Å². The Morgan fingerprint density at radius 3 is 1.49 bits per heavy atom. The highest BCUT2D eigenvalue weighted by molar-refractivity contribution is 7.46. The summed E-state index contributed by atoms with van der Waals surface area (Å²) in [7, 11) is -4.77. The quantitative estimate of drug-likeness (QED) is 0.0299. The number of phosphoric acid groups is 1. The third-order valence-corrected chi connectivity index (χ3v) is 7.93. The molecule has 0 aliphatic heterocycles. The molecule has 0 unspecified atom stereocenters. The van der Waals surface area contributed by atoms with Crippen LogP contribution in [0.25, 0.3) is 0 Å². The fourth-order valence-corrected chi connectivity index (χ4v) is 4.98. The van der Waals surface area contributed by atoms with E-state index in [4.69, 9.17) is 19.3 Å². The van der Waals surface area contributed by atoms with Gasteiger partial charge in [-0.1, -0.05) is 132 Å². The van der Waals surface area contributed by atoms with E-state index in [0.29, 0.717) is 19.3 Å². The Balaban J connectivity index is 4.12. The average Bonchev–Trinajstić information content (AvgIpc) is 3.07. The van der Waals surface area contributed by atoms with Gasteiger partial charge in [0.05, 0.1) is 6.61 Å². The van der Waals surface area contributed by atoms with Crippen LogP contribution in [0.2, 0.25) is 0 Å². The van der Waals surface area contributed by atoms with Gasteiger partial charge in [0.1, 0.15) is 6.61 Å². The molecule has 0 saturated carbocycles. The van der Waals surface area contributed by atoms with Gasteiger partial charge < -0.3 is 19.3 Å². The van der Waals surface area contributed by atoms with Crippen molar-refractivity contribution in [1.82, 2.24) is 0 Å². The van der Waals surface area contributed by atoms with Crippen molar-refractivity contribution in [3.05, 3.63) is 72.9 Å². The molecule has 0 heterocycles. The first-order valence-electron chi connectivity index (χ1n) is 18.7. The minimum absolute atomic E-state index is 0.129. The van der Waals surface area contributed by atoms with Crippen LogP contribution in [0.1, 0.15) is 149 Å². The van der Waals surface area contributed by atoms with Crippen LogP contribution in [0.15, 0.2) is 72.9 Å². The van der Waals surface area contributed by atoms with Gasteiger partial charge in [0.15, 0.2) is 6.10 Å². The number of hydrogen-bond donors (Lipinski definition) is 2. The van der Waals surface area contributed by atoms with Crippen LogP contribution in [0.3, 0.4) is 0 Å². The lowest BCUT2D eigenvalue weighted by Crippen LogP contribution is -2.29. The standard InChI is InChI=1S/C40H67O8P/c1-3-5-7-9-11-13-15-17-19-20-21-23-25-27-29-31-33-35-40(42)48-38(37-47-49(43,44)45)36-46-39(41)34-32-30-28-26-24-22-18-16-14-12-10-8-6-4-2/h10-13,16-19,21,23,27,29,38H,3-9,14-15,20,22,24-26,28,30-37H2,1-2H3,(H2,43,44,45)/b12-10-,13-11-,18-16-,19-17-,23-21-,29-27-/t38-/m1/s1. The van der Waals surface area contributed by atoms with Gasteiger partial charge in [-0.05, 0) is 77.0 Å². The Morgan fingerprint density at radius 2 is 0.959 bits per heavy atom. The molecule has 0 rings (SSSR count). The van der Waals surface area contributed by atoms with Gasteiger partial charge in [-0.15, -0.1) is 0 Å². The first kappa shape index (κ1) is 46.5. The van der Waals surface area contributed by atoms with Crippen molar-refractivity contribution < 1.29 is 37.9 Å². The Kier molecular flexibility index (Phi) is 33.5. The van der Waals surface area contributed by atoms with Crippen LogP contribution in [0.5, 0.6) is 0 Å². The maximum atomic E-state index is 12.3. The third-order valence-electron chi connectivity index (χ3n) is 7.45. The molecular weight excluding hydrogens is 639 g/mol. The van der Waals surface area contributed by atoms with Crippen molar-refractivity contribution in [1.29, 1.82) is 0 Å². The lowest BCUT2D eigenvalue weighted by molar-refractivity contribution is -0.161. The highest BCUT2D eigenvalue weighted by Gasteiger charge is 2.22. The van der Waals surface area contributed by atoms with Gasteiger partial charge in [-0.25, -0.2) is 4.57 Å². The van der Waals surface area contributed by atoms with E-state index in [2.05, 4.69) is 79.1 Å². The third kappa shape index (κ3) is 38.1. The summed E-state index contributed by atoms with van der Waals surface area (Å²) in [6, 6.07) is 0. The van der Waals surface area contributed by atoms with Crippen molar-refractivity contribution in [3.63, 3.8) is 0 Å². The van der Waals surface area contributed by atoms with Gasteiger partial charge in [0, 0.05) is 12.8 Å². The molecule has 0 aliphatic rings. The van der Waals surface area contributed by atoms with Crippen LogP contribution in [-0.4, -0.2) is 41.0 Å².